The Morgan fingerprint density at radius 2 is 1.87 bits per heavy atom. The minimum atomic E-state index is -0.139. The number of amides is 2. The Kier molecular flexibility index (Phi) is 4.55. The van der Waals surface area contributed by atoms with Crippen molar-refractivity contribution in [1.29, 1.82) is 0 Å². The van der Waals surface area contributed by atoms with Crippen molar-refractivity contribution in [2.45, 2.75) is 26.2 Å². The van der Waals surface area contributed by atoms with Gasteiger partial charge in [-0.1, -0.05) is 61.9 Å². The van der Waals surface area contributed by atoms with Gasteiger partial charge in [-0.15, -0.1) is 0 Å². The van der Waals surface area contributed by atoms with Crippen molar-refractivity contribution in [3.05, 3.63) is 34.7 Å². The molecule has 2 amide bonds. The van der Waals surface area contributed by atoms with E-state index in [-0.39, 0.29) is 11.8 Å². The quantitative estimate of drug-likeness (QED) is 0.476. The number of likely N-dealkylation sites (N-methyl/N-ethyl adjacent to an activating group) is 1. The predicted octanol–water partition coefficient (Wildman–Crippen LogP) is 3.42. The van der Waals surface area contributed by atoms with Crippen LogP contribution in [0.5, 0.6) is 0 Å². The molecule has 0 bridgehead atoms. The summed E-state index contributed by atoms with van der Waals surface area (Å²) >= 11 is 6.60. The Balaban J connectivity index is 1.98. The van der Waals surface area contributed by atoms with Gasteiger partial charge in [-0.2, -0.15) is 0 Å². The molecule has 2 aliphatic rings. The fourth-order valence-electron chi connectivity index (χ4n) is 2.85. The molecule has 0 N–H and O–H groups in total. The van der Waals surface area contributed by atoms with E-state index in [1.165, 1.54) is 11.8 Å². The monoisotopic (exact) mass is 346 g/mol. The van der Waals surface area contributed by atoms with Crippen LogP contribution in [0.15, 0.2) is 29.2 Å². The maximum atomic E-state index is 12.7. The van der Waals surface area contributed by atoms with Gasteiger partial charge in [0.05, 0.1) is 16.2 Å². The Morgan fingerprint density at radius 3 is 2.61 bits per heavy atom. The molecule has 120 valence electrons. The van der Waals surface area contributed by atoms with Crippen molar-refractivity contribution in [3.8, 4) is 0 Å². The number of thiocarbonyl (C=S) groups is 1. The highest BCUT2D eigenvalue weighted by Gasteiger charge is 2.40. The summed E-state index contributed by atoms with van der Waals surface area (Å²) in [5.41, 5.74) is 2.14. The summed E-state index contributed by atoms with van der Waals surface area (Å²) in [5.74, 6) is -0.273. The number of hydrogen-bond acceptors (Lipinski definition) is 4. The molecule has 0 atom stereocenters. The van der Waals surface area contributed by atoms with Crippen LogP contribution < -0.4 is 4.90 Å². The summed E-state index contributed by atoms with van der Waals surface area (Å²) in [5, 5.41) is 0. The van der Waals surface area contributed by atoms with Crippen molar-refractivity contribution < 1.29 is 9.59 Å². The number of fused-ring (bicyclic) bond motifs is 1. The summed E-state index contributed by atoms with van der Waals surface area (Å²) in [6.07, 6.45) is 3.08. The zero-order valence-electron chi connectivity index (χ0n) is 13.2. The Morgan fingerprint density at radius 1 is 1.13 bits per heavy atom. The first-order valence-corrected chi connectivity index (χ1v) is 8.94. The number of carbonyl (C=O) groups excluding carboxylic acids is 2. The number of rotatable bonds is 4. The first kappa shape index (κ1) is 16.2. The topological polar surface area (TPSA) is 40.6 Å². The number of nitrogens with zero attached hydrogens (tertiary/aromatic N) is 2. The third-order valence-electron chi connectivity index (χ3n) is 4.11. The molecule has 23 heavy (non-hydrogen) atoms. The van der Waals surface area contributed by atoms with Crippen LogP contribution in [0, 0.1) is 0 Å². The molecule has 0 unspecified atom stereocenters. The summed E-state index contributed by atoms with van der Waals surface area (Å²) < 4.78 is 0.549. The second-order valence-corrected chi connectivity index (χ2v) is 7.26. The number of para-hydroxylation sites is 1. The lowest BCUT2D eigenvalue weighted by atomic mass is 10.1. The van der Waals surface area contributed by atoms with E-state index in [2.05, 4.69) is 6.92 Å². The predicted molar refractivity (Wildman–Crippen MR) is 98.2 cm³/mol. The van der Waals surface area contributed by atoms with Gasteiger partial charge in [0.15, 0.2) is 0 Å². The van der Waals surface area contributed by atoms with E-state index < -0.39 is 0 Å². The van der Waals surface area contributed by atoms with E-state index in [4.69, 9.17) is 12.2 Å². The van der Waals surface area contributed by atoms with Gasteiger partial charge in [0.2, 0.25) is 0 Å². The zero-order valence-corrected chi connectivity index (χ0v) is 14.8. The van der Waals surface area contributed by atoms with Crippen molar-refractivity contribution >= 4 is 51.4 Å². The van der Waals surface area contributed by atoms with Crippen LogP contribution in [-0.2, 0) is 9.59 Å². The lowest BCUT2D eigenvalue weighted by Crippen LogP contribution is -2.29. The molecule has 2 aliphatic heterocycles. The van der Waals surface area contributed by atoms with Gasteiger partial charge >= 0.3 is 0 Å². The normalized spacial score (nSPS) is 20.7. The number of carbonyl (C=O) groups is 2. The standard InChI is InChI=1S/C17H18N2O2S2/c1-3-4-7-10-19-16(21)14(23-17(19)22)13-11-8-5-6-9-12(11)18(2)15(13)20/h5-6,8-9H,3-4,7,10H2,1-2H3/b14-13-. The average Bonchev–Trinajstić information content (AvgIpc) is 2.96. The first-order chi connectivity index (χ1) is 11.1. The minimum Gasteiger partial charge on any atom is -0.311 e. The third kappa shape index (κ3) is 2.70. The van der Waals surface area contributed by atoms with Gasteiger partial charge in [0.1, 0.15) is 4.32 Å². The molecule has 0 spiro atoms. The van der Waals surface area contributed by atoms with Crippen molar-refractivity contribution in [2.75, 3.05) is 18.5 Å². The maximum absolute atomic E-state index is 12.7. The molecule has 4 nitrogen and oxygen atoms in total. The second-order valence-electron chi connectivity index (χ2n) is 5.62. The first-order valence-electron chi connectivity index (χ1n) is 7.71. The van der Waals surface area contributed by atoms with E-state index in [9.17, 15) is 9.59 Å². The molecular formula is C17H18N2O2S2. The van der Waals surface area contributed by atoms with Crippen molar-refractivity contribution in [3.63, 3.8) is 0 Å². The summed E-state index contributed by atoms with van der Waals surface area (Å²) in [6.45, 7) is 2.75. The Labute approximate surface area is 145 Å². The van der Waals surface area contributed by atoms with Crippen LogP contribution in [0.4, 0.5) is 5.69 Å². The highest BCUT2D eigenvalue weighted by atomic mass is 32.2. The SMILES string of the molecule is CCCCCN1C(=O)/C(=C2/C(=O)N(C)c3ccccc32)SC1=S. The van der Waals surface area contributed by atoms with E-state index in [0.29, 0.717) is 21.3 Å². The molecule has 1 aromatic carbocycles. The van der Waals surface area contributed by atoms with Crippen LogP contribution in [0.1, 0.15) is 31.7 Å². The Bertz CT molecular complexity index is 727. The number of unbranched alkanes of at least 4 members (excludes halogenated alkanes) is 2. The average molecular weight is 346 g/mol. The lowest BCUT2D eigenvalue weighted by Gasteiger charge is -2.13. The van der Waals surface area contributed by atoms with Crippen molar-refractivity contribution in [2.24, 2.45) is 0 Å². The van der Waals surface area contributed by atoms with Crippen LogP contribution in [0.25, 0.3) is 5.57 Å². The third-order valence-corrected chi connectivity index (χ3v) is 5.56. The van der Waals surface area contributed by atoms with Gasteiger partial charge in [-0.05, 0) is 12.5 Å². The molecule has 3 rings (SSSR count). The van der Waals surface area contributed by atoms with E-state index in [1.807, 2.05) is 24.3 Å². The van der Waals surface area contributed by atoms with Gasteiger partial charge in [-0.3, -0.25) is 14.5 Å². The number of benzene rings is 1. The summed E-state index contributed by atoms with van der Waals surface area (Å²) in [6, 6.07) is 7.55. The fraction of sp³-hybridized carbons (Fsp3) is 0.353. The van der Waals surface area contributed by atoms with Crippen LogP contribution in [0.2, 0.25) is 0 Å². The van der Waals surface area contributed by atoms with Gasteiger partial charge in [0.25, 0.3) is 11.8 Å². The lowest BCUT2D eigenvalue weighted by molar-refractivity contribution is -0.122. The molecule has 6 heteroatoms. The molecular weight excluding hydrogens is 328 g/mol. The smallest absolute Gasteiger partial charge is 0.267 e. The highest BCUT2D eigenvalue weighted by Crippen LogP contribution is 2.43. The molecule has 0 radical (unpaired) electrons. The summed E-state index contributed by atoms with van der Waals surface area (Å²) in [7, 11) is 1.73. The molecule has 1 aromatic rings. The van der Waals surface area contributed by atoms with Crippen LogP contribution in [-0.4, -0.2) is 34.6 Å². The Hall–Kier alpha value is -1.66. The van der Waals surface area contributed by atoms with E-state index >= 15 is 0 Å². The molecule has 1 fully saturated rings. The molecule has 0 saturated carbocycles. The van der Waals surface area contributed by atoms with Crippen LogP contribution >= 0.6 is 24.0 Å². The molecule has 0 aliphatic carbocycles. The molecule has 2 heterocycles. The van der Waals surface area contributed by atoms with E-state index in [1.54, 1.807) is 16.8 Å². The summed E-state index contributed by atoms with van der Waals surface area (Å²) in [4.78, 5) is 29.0. The number of thioether (sulfide) groups is 1. The fourth-order valence-corrected chi connectivity index (χ4v) is 4.23. The van der Waals surface area contributed by atoms with Gasteiger partial charge in [0, 0.05) is 19.2 Å². The number of hydrogen-bond donors (Lipinski definition) is 0. The molecule has 0 aromatic heterocycles. The second kappa shape index (κ2) is 6.45. The van der Waals surface area contributed by atoms with Gasteiger partial charge in [-0.25, -0.2) is 0 Å². The highest BCUT2D eigenvalue weighted by molar-refractivity contribution is 8.26. The van der Waals surface area contributed by atoms with Gasteiger partial charge < -0.3 is 4.90 Å². The van der Waals surface area contributed by atoms with E-state index in [0.717, 1.165) is 30.5 Å². The largest absolute Gasteiger partial charge is 0.311 e. The minimum absolute atomic E-state index is 0.135. The van der Waals surface area contributed by atoms with Crippen molar-refractivity contribution in [1.82, 2.24) is 4.90 Å². The number of anilines is 1. The molecule has 1 saturated heterocycles. The van der Waals surface area contributed by atoms with Crippen LogP contribution in [0.3, 0.4) is 0 Å². The zero-order chi connectivity index (χ0) is 16.6. The maximum Gasteiger partial charge on any atom is 0.267 e.